The average Bonchev–Trinajstić information content (AvgIpc) is 2.46. The summed E-state index contributed by atoms with van der Waals surface area (Å²) >= 11 is 3.58. The van der Waals surface area contributed by atoms with E-state index in [-0.39, 0.29) is 5.82 Å². The molecule has 2 N–H and O–H groups in total. The predicted octanol–water partition coefficient (Wildman–Crippen LogP) is 4.07. The molecule has 2 rings (SSSR count). The Morgan fingerprint density at radius 1 is 1.20 bits per heavy atom. The highest BCUT2D eigenvalue weighted by Crippen LogP contribution is 2.23. The van der Waals surface area contributed by atoms with E-state index in [4.69, 9.17) is 5.73 Å². The van der Waals surface area contributed by atoms with Gasteiger partial charge in [0, 0.05) is 29.8 Å². The minimum absolute atomic E-state index is 0.210. The van der Waals surface area contributed by atoms with Crippen molar-refractivity contribution < 1.29 is 4.39 Å². The van der Waals surface area contributed by atoms with Gasteiger partial charge in [-0.15, -0.1) is 0 Å². The summed E-state index contributed by atoms with van der Waals surface area (Å²) in [6.07, 6.45) is 0. The highest BCUT2D eigenvalue weighted by molar-refractivity contribution is 9.10. The second kappa shape index (κ2) is 6.86. The molecule has 0 bridgehead atoms. The van der Waals surface area contributed by atoms with E-state index in [9.17, 15) is 4.39 Å². The van der Waals surface area contributed by atoms with Crippen molar-refractivity contribution in [3.63, 3.8) is 0 Å². The first-order valence-electron chi connectivity index (χ1n) is 6.62. The van der Waals surface area contributed by atoms with Crippen LogP contribution in [0, 0.1) is 5.82 Å². The molecule has 2 aromatic rings. The highest BCUT2D eigenvalue weighted by Gasteiger charge is 2.09. The summed E-state index contributed by atoms with van der Waals surface area (Å²) < 4.78 is 14.4. The maximum absolute atomic E-state index is 13.3. The second-order valence-corrected chi connectivity index (χ2v) is 5.48. The van der Waals surface area contributed by atoms with Crippen molar-refractivity contribution in [3.8, 4) is 0 Å². The summed E-state index contributed by atoms with van der Waals surface area (Å²) in [5.74, 6) is -0.210. The first kappa shape index (κ1) is 15.0. The molecule has 0 radical (unpaired) electrons. The van der Waals surface area contributed by atoms with Gasteiger partial charge in [0.05, 0.1) is 0 Å². The van der Waals surface area contributed by atoms with Crippen LogP contribution in [0.5, 0.6) is 0 Å². The number of anilines is 1. The van der Waals surface area contributed by atoms with Gasteiger partial charge in [0.25, 0.3) is 0 Å². The van der Waals surface area contributed by atoms with E-state index < -0.39 is 0 Å². The Morgan fingerprint density at radius 2 is 2.00 bits per heavy atom. The molecule has 0 unspecified atom stereocenters. The maximum Gasteiger partial charge on any atom is 0.125 e. The summed E-state index contributed by atoms with van der Waals surface area (Å²) in [5.41, 5.74) is 8.77. The van der Waals surface area contributed by atoms with E-state index in [1.54, 1.807) is 12.1 Å². The second-order valence-electron chi connectivity index (χ2n) is 4.62. The van der Waals surface area contributed by atoms with Gasteiger partial charge in [0.2, 0.25) is 0 Å². The largest absolute Gasteiger partial charge is 0.367 e. The molecule has 106 valence electrons. The Labute approximate surface area is 127 Å². The minimum atomic E-state index is -0.210. The average molecular weight is 337 g/mol. The Hall–Kier alpha value is -1.39. The molecule has 4 heteroatoms. The van der Waals surface area contributed by atoms with Gasteiger partial charge in [-0.2, -0.15) is 0 Å². The molecule has 0 saturated carbocycles. The molecular weight excluding hydrogens is 319 g/mol. The van der Waals surface area contributed by atoms with Crippen molar-refractivity contribution in [2.24, 2.45) is 5.73 Å². The van der Waals surface area contributed by atoms with Gasteiger partial charge < -0.3 is 10.6 Å². The monoisotopic (exact) mass is 336 g/mol. The topological polar surface area (TPSA) is 29.3 Å². The first-order chi connectivity index (χ1) is 9.63. The lowest BCUT2D eigenvalue weighted by Crippen LogP contribution is -2.22. The van der Waals surface area contributed by atoms with Crippen LogP contribution in [-0.4, -0.2) is 6.54 Å². The Bertz CT molecular complexity index is 586. The van der Waals surface area contributed by atoms with E-state index in [2.05, 4.69) is 33.8 Å². The van der Waals surface area contributed by atoms with Crippen LogP contribution in [-0.2, 0) is 13.1 Å². The number of hydrogen-bond acceptors (Lipinski definition) is 2. The molecule has 0 spiro atoms. The SMILES string of the molecule is CCN(Cc1ccc(CN)cc1Br)c1cccc(F)c1. The fourth-order valence-electron chi connectivity index (χ4n) is 2.11. The van der Waals surface area contributed by atoms with Gasteiger partial charge in [0.15, 0.2) is 0 Å². The van der Waals surface area contributed by atoms with Gasteiger partial charge in [-0.25, -0.2) is 4.39 Å². The third-order valence-corrected chi connectivity index (χ3v) is 4.01. The summed E-state index contributed by atoms with van der Waals surface area (Å²) in [6.45, 7) is 4.13. The van der Waals surface area contributed by atoms with Gasteiger partial charge >= 0.3 is 0 Å². The predicted molar refractivity (Wildman–Crippen MR) is 85.2 cm³/mol. The first-order valence-corrected chi connectivity index (χ1v) is 7.41. The highest BCUT2D eigenvalue weighted by atomic mass is 79.9. The van der Waals surface area contributed by atoms with Crippen molar-refractivity contribution in [1.82, 2.24) is 0 Å². The van der Waals surface area contributed by atoms with Crippen LogP contribution in [0.15, 0.2) is 46.9 Å². The standard InChI is InChI=1S/C16H18BrFN2/c1-2-20(15-5-3-4-14(18)9-15)11-13-7-6-12(10-19)8-16(13)17/h3-9H,2,10-11,19H2,1H3. The fourth-order valence-corrected chi connectivity index (χ4v) is 2.66. The number of halogens is 2. The quantitative estimate of drug-likeness (QED) is 0.891. The van der Waals surface area contributed by atoms with Gasteiger partial charge in [-0.3, -0.25) is 0 Å². The van der Waals surface area contributed by atoms with Crippen molar-refractivity contribution in [2.75, 3.05) is 11.4 Å². The molecule has 0 fully saturated rings. The summed E-state index contributed by atoms with van der Waals surface area (Å²) in [5, 5.41) is 0. The summed E-state index contributed by atoms with van der Waals surface area (Å²) in [7, 11) is 0. The van der Waals surface area contributed by atoms with Gasteiger partial charge in [0.1, 0.15) is 5.82 Å². The third kappa shape index (κ3) is 3.58. The van der Waals surface area contributed by atoms with E-state index in [1.807, 2.05) is 18.2 Å². The van der Waals surface area contributed by atoms with Crippen LogP contribution in [0.1, 0.15) is 18.1 Å². The van der Waals surface area contributed by atoms with Crippen molar-refractivity contribution in [2.45, 2.75) is 20.0 Å². The summed E-state index contributed by atoms with van der Waals surface area (Å²) in [4.78, 5) is 2.13. The zero-order chi connectivity index (χ0) is 14.5. The van der Waals surface area contributed by atoms with E-state index >= 15 is 0 Å². The van der Waals surface area contributed by atoms with Gasteiger partial charge in [-0.1, -0.05) is 34.1 Å². The number of nitrogens with two attached hydrogens (primary N) is 1. The fraction of sp³-hybridized carbons (Fsp3) is 0.250. The smallest absolute Gasteiger partial charge is 0.125 e. The molecule has 0 aliphatic carbocycles. The Morgan fingerprint density at radius 3 is 2.60 bits per heavy atom. The molecule has 0 atom stereocenters. The lowest BCUT2D eigenvalue weighted by atomic mass is 10.1. The van der Waals surface area contributed by atoms with Crippen molar-refractivity contribution >= 4 is 21.6 Å². The molecule has 20 heavy (non-hydrogen) atoms. The molecule has 0 amide bonds. The lowest BCUT2D eigenvalue weighted by Gasteiger charge is -2.24. The zero-order valence-corrected chi connectivity index (χ0v) is 13.0. The number of hydrogen-bond donors (Lipinski definition) is 1. The lowest BCUT2D eigenvalue weighted by molar-refractivity contribution is 0.626. The van der Waals surface area contributed by atoms with E-state index in [0.29, 0.717) is 6.54 Å². The van der Waals surface area contributed by atoms with Crippen LogP contribution < -0.4 is 10.6 Å². The molecule has 0 saturated heterocycles. The van der Waals surface area contributed by atoms with Crippen LogP contribution in [0.3, 0.4) is 0 Å². The van der Waals surface area contributed by atoms with E-state index in [0.717, 1.165) is 34.4 Å². The molecule has 0 aliphatic rings. The maximum atomic E-state index is 13.3. The molecule has 0 heterocycles. The van der Waals surface area contributed by atoms with Gasteiger partial charge in [-0.05, 0) is 42.3 Å². The summed E-state index contributed by atoms with van der Waals surface area (Å²) in [6, 6.07) is 12.8. The van der Waals surface area contributed by atoms with Crippen molar-refractivity contribution in [3.05, 3.63) is 63.9 Å². The number of rotatable bonds is 5. The molecule has 2 nitrogen and oxygen atoms in total. The normalized spacial score (nSPS) is 10.6. The molecular formula is C16H18BrFN2. The van der Waals surface area contributed by atoms with Crippen LogP contribution in [0.2, 0.25) is 0 Å². The van der Waals surface area contributed by atoms with Crippen molar-refractivity contribution in [1.29, 1.82) is 0 Å². The number of benzene rings is 2. The third-order valence-electron chi connectivity index (χ3n) is 3.27. The zero-order valence-electron chi connectivity index (χ0n) is 11.4. The molecule has 0 aromatic heterocycles. The number of nitrogens with zero attached hydrogens (tertiary/aromatic N) is 1. The van der Waals surface area contributed by atoms with E-state index in [1.165, 1.54) is 6.07 Å². The molecule has 0 aliphatic heterocycles. The van der Waals surface area contributed by atoms with Crippen LogP contribution in [0.4, 0.5) is 10.1 Å². The minimum Gasteiger partial charge on any atom is -0.367 e. The Balaban J connectivity index is 2.22. The van der Waals surface area contributed by atoms with Crippen LogP contribution in [0.25, 0.3) is 0 Å². The molecule has 2 aromatic carbocycles. The van der Waals surface area contributed by atoms with Crippen LogP contribution >= 0.6 is 15.9 Å². The Kier molecular flexibility index (Phi) is 5.15.